The quantitative estimate of drug-likeness (QED) is 0.926. The zero-order chi connectivity index (χ0) is 16.3. The van der Waals surface area contributed by atoms with Crippen LogP contribution < -0.4 is 0 Å². The van der Waals surface area contributed by atoms with E-state index in [0.29, 0.717) is 12.0 Å². The minimum atomic E-state index is -0.241. The second-order valence-corrected chi connectivity index (χ2v) is 8.39. The van der Waals surface area contributed by atoms with E-state index in [-0.39, 0.29) is 12.1 Å². The molecule has 5 heteroatoms. The van der Waals surface area contributed by atoms with Crippen molar-refractivity contribution in [3.05, 3.63) is 41.1 Å². The summed E-state index contributed by atoms with van der Waals surface area (Å²) in [6, 6.07) is 3.04. The first-order valence-electron chi connectivity index (χ1n) is 8.94. The van der Waals surface area contributed by atoms with Crippen LogP contribution >= 0.6 is 11.3 Å². The van der Waals surface area contributed by atoms with Gasteiger partial charge in [-0.05, 0) is 49.5 Å². The molecule has 0 aliphatic carbocycles. The van der Waals surface area contributed by atoms with Crippen LogP contribution in [-0.2, 0) is 0 Å². The molecule has 0 amide bonds. The number of allylic oxidation sites excluding steroid dienone is 1. The van der Waals surface area contributed by atoms with Crippen LogP contribution in [0.5, 0.6) is 0 Å². The molecule has 5 heterocycles. The van der Waals surface area contributed by atoms with Gasteiger partial charge in [-0.3, -0.25) is 0 Å². The molecule has 2 fully saturated rings. The normalized spacial score (nSPS) is 29.5. The van der Waals surface area contributed by atoms with Crippen molar-refractivity contribution in [2.24, 2.45) is 5.92 Å². The summed E-state index contributed by atoms with van der Waals surface area (Å²) in [6.45, 7) is 5.25. The molecule has 0 aromatic carbocycles. The molecule has 2 aromatic heterocycles. The fourth-order valence-corrected chi connectivity index (χ4v) is 5.94. The van der Waals surface area contributed by atoms with Crippen LogP contribution in [0.3, 0.4) is 0 Å². The van der Waals surface area contributed by atoms with E-state index in [4.69, 9.17) is 0 Å². The molecule has 0 radical (unpaired) electrons. The number of aliphatic hydroxyl groups is 1. The summed E-state index contributed by atoms with van der Waals surface area (Å²) in [5.74, 6) is 0.410. The van der Waals surface area contributed by atoms with E-state index < -0.39 is 0 Å². The highest BCUT2D eigenvalue weighted by molar-refractivity contribution is 7.10. The topological polar surface area (TPSA) is 41.3 Å². The van der Waals surface area contributed by atoms with E-state index >= 15 is 0 Å². The Bertz CT molecular complexity index is 739. The molecule has 3 aliphatic rings. The molecule has 5 rings (SSSR count). The Morgan fingerprint density at radius 3 is 3.25 bits per heavy atom. The van der Waals surface area contributed by atoms with Crippen molar-refractivity contribution < 1.29 is 5.11 Å². The maximum Gasteiger partial charge on any atom is 0.0957 e. The smallest absolute Gasteiger partial charge is 0.0957 e. The molecule has 3 aliphatic heterocycles. The van der Waals surface area contributed by atoms with E-state index in [1.807, 2.05) is 12.5 Å². The van der Waals surface area contributed by atoms with E-state index in [0.717, 1.165) is 32.2 Å². The van der Waals surface area contributed by atoms with Crippen molar-refractivity contribution in [2.45, 2.75) is 50.3 Å². The number of rotatable bonds is 3. The molecule has 4 atom stereocenters. The standard InChI is InChI=1S/C19H23N3OS/c1-12-2-3-14-8-13(4-6-21(12)14)18(23)9-16-19-15(5-7-24-19)17-10-20-11-22(16)17/h5,7,10-11,13-14,16,18,23H,1-4,6,8-9H2/t13-,14+,16+,18+/m0/s1. The molecule has 24 heavy (non-hydrogen) atoms. The highest BCUT2D eigenvalue weighted by atomic mass is 32.1. The van der Waals surface area contributed by atoms with Gasteiger partial charge in [-0.25, -0.2) is 4.98 Å². The van der Waals surface area contributed by atoms with Gasteiger partial charge in [0.05, 0.1) is 30.4 Å². The largest absolute Gasteiger partial charge is 0.393 e. The summed E-state index contributed by atoms with van der Waals surface area (Å²) in [6.07, 6.45) is 8.96. The molecule has 0 spiro atoms. The lowest BCUT2D eigenvalue weighted by atomic mass is 9.84. The van der Waals surface area contributed by atoms with Gasteiger partial charge in [0.2, 0.25) is 0 Å². The molecule has 0 unspecified atom stereocenters. The Morgan fingerprint density at radius 1 is 1.42 bits per heavy atom. The Morgan fingerprint density at radius 2 is 2.33 bits per heavy atom. The summed E-state index contributed by atoms with van der Waals surface area (Å²) in [5.41, 5.74) is 3.80. The van der Waals surface area contributed by atoms with Crippen molar-refractivity contribution in [1.82, 2.24) is 14.5 Å². The van der Waals surface area contributed by atoms with Crippen molar-refractivity contribution in [1.29, 1.82) is 0 Å². The monoisotopic (exact) mass is 341 g/mol. The van der Waals surface area contributed by atoms with Crippen LogP contribution in [0.4, 0.5) is 0 Å². The highest BCUT2D eigenvalue weighted by Gasteiger charge is 2.38. The summed E-state index contributed by atoms with van der Waals surface area (Å²) in [7, 11) is 0. The molecule has 4 nitrogen and oxygen atoms in total. The first-order valence-corrected chi connectivity index (χ1v) is 9.82. The number of piperidine rings is 1. The van der Waals surface area contributed by atoms with Crippen molar-refractivity contribution in [3.63, 3.8) is 0 Å². The zero-order valence-electron chi connectivity index (χ0n) is 13.8. The average molecular weight is 341 g/mol. The van der Waals surface area contributed by atoms with Gasteiger partial charge in [-0.2, -0.15) is 0 Å². The molecular formula is C19H23N3OS. The van der Waals surface area contributed by atoms with E-state index in [1.165, 1.54) is 28.3 Å². The predicted octanol–water partition coefficient (Wildman–Crippen LogP) is 3.65. The first-order chi connectivity index (χ1) is 11.7. The number of hydrogen-bond acceptors (Lipinski definition) is 4. The van der Waals surface area contributed by atoms with Crippen molar-refractivity contribution >= 4 is 11.3 Å². The third-order valence-corrected chi connectivity index (χ3v) is 7.23. The van der Waals surface area contributed by atoms with E-state index in [9.17, 15) is 5.11 Å². The van der Waals surface area contributed by atoms with Crippen LogP contribution in [0.15, 0.2) is 36.2 Å². The van der Waals surface area contributed by atoms with Gasteiger partial charge in [-0.1, -0.05) is 6.58 Å². The maximum atomic E-state index is 11.0. The number of aromatic nitrogens is 2. The number of aliphatic hydroxyl groups excluding tert-OH is 1. The van der Waals surface area contributed by atoms with Crippen molar-refractivity contribution in [3.8, 4) is 11.3 Å². The van der Waals surface area contributed by atoms with Crippen LogP contribution in [0.25, 0.3) is 11.3 Å². The number of nitrogens with zero attached hydrogens (tertiary/aromatic N) is 3. The van der Waals surface area contributed by atoms with Crippen LogP contribution in [0.1, 0.15) is 43.0 Å². The Balaban J connectivity index is 1.33. The molecule has 2 saturated heterocycles. The van der Waals surface area contributed by atoms with Gasteiger partial charge < -0.3 is 14.6 Å². The molecular weight excluding hydrogens is 318 g/mol. The second kappa shape index (κ2) is 5.46. The average Bonchev–Trinajstić information content (AvgIpc) is 3.33. The van der Waals surface area contributed by atoms with Crippen LogP contribution in [-0.4, -0.2) is 38.2 Å². The van der Waals surface area contributed by atoms with Gasteiger partial charge in [-0.15, -0.1) is 11.3 Å². The lowest BCUT2D eigenvalue weighted by Crippen LogP contribution is -2.41. The predicted molar refractivity (Wildman–Crippen MR) is 95.9 cm³/mol. The summed E-state index contributed by atoms with van der Waals surface area (Å²) in [4.78, 5) is 8.18. The fourth-order valence-electron chi connectivity index (χ4n) is 4.92. The van der Waals surface area contributed by atoms with Crippen molar-refractivity contribution in [2.75, 3.05) is 6.54 Å². The van der Waals surface area contributed by atoms with E-state index in [2.05, 4.69) is 32.5 Å². The SMILES string of the molecule is C=C1CC[C@@H]2C[C@@H]([C@H](O)C[C@@H]3c4sccc4-c4cncn43)CCN12. The lowest BCUT2D eigenvalue weighted by molar-refractivity contribution is 0.0404. The number of fused-ring (bicyclic) bond motifs is 4. The summed E-state index contributed by atoms with van der Waals surface area (Å²) >= 11 is 1.81. The van der Waals surface area contributed by atoms with Crippen LogP contribution in [0.2, 0.25) is 0 Å². The molecule has 2 aromatic rings. The third-order valence-electron chi connectivity index (χ3n) is 6.21. The number of hydrogen-bond donors (Lipinski definition) is 1. The maximum absolute atomic E-state index is 11.0. The molecule has 126 valence electrons. The van der Waals surface area contributed by atoms with Gasteiger partial charge >= 0.3 is 0 Å². The first kappa shape index (κ1) is 14.7. The number of thiophene rings is 1. The highest BCUT2D eigenvalue weighted by Crippen LogP contribution is 2.46. The third kappa shape index (κ3) is 2.11. The minimum absolute atomic E-state index is 0.241. The molecule has 0 bridgehead atoms. The van der Waals surface area contributed by atoms with Crippen LogP contribution in [0, 0.1) is 5.92 Å². The summed E-state index contributed by atoms with van der Waals surface area (Å²) < 4.78 is 2.25. The Labute approximate surface area is 146 Å². The second-order valence-electron chi connectivity index (χ2n) is 7.44. The van der Waals surface area contributed by atoms with Gasteiger partial charge in [0, 0.05) is 28.7 Å². The Kier molecular flexibility index (Phi) is 3.35. The Hall–Kier alpha value is -1.59. The van der Waals surface area contributed by atoms with Gasteiger partial charge in [0.15, 0.2) is 0 Å². The minimum Gasteiger partial charge on any atom is -0.393 e. The fraction of sp³-hybridized carbons (Fsp3) is 0.526. The van der Waals surface area contributed by atoms with Gasteiger partial charge in [0.1, 0.15) is 0 Å². The lowest BCUT2D eigenvalue weighted by Gasteiger charge is -2.39. The van der Waals surface area contributed by atoms with E-state index in [1.54, 1.807) is 11.3 Å². The number of imidazole rings is 1. The molecule has 0 saturated carbocycles. The zero-order valence-corrected chi connectivity index (χ0v) is 14.6. The van der Waals surface area contributed by atoms with Gasteiger partial charge in [0.25, 0.3) is 0 Å². The molecule has 1 N–H and O–H groups in total. The summed E-state index contributed by atoms with van der Waals surface area (Å²) in [5, 5.41) is 13.1.